The highest BCUT2D eigenvalue weighted by Crippen LogP contribution is 2.27. The van der Waals surface area contributed by atoms with Crippen LogP contribution < -0.4 is 0 Å². The molecule has 3 rings (SSSR count). The summed E-state index contributed by atoms with van der Waals surface area (Å²) in [5.74, 6) is -2.67. The summed E-state index contributed by atoms with van der Waals surface area (Å²) in [6.07, 6.45) is 0. The maximum absolute atomic E-state index is 12.9. The number of urea groups is 1. The van der Waals surface area contributed by atoms with E-state index < -0.39 is 30.1 Å². The molecule has 1 fully saturated rings. The van der Waals surface area contributed by atoms with E-state index in [9.17, 15) is 24.6 Å². The van der Waals surface area contributed by atoms with Crippen molar-refractivity contribution in [1.29, 1.82) is 0 Å². The quantitative estimate of drug-likeness (QED) is 0.827. The van der Waals surface area contributed by atoms with Crippen LogP contribution in [0.1, 0.15) is 11.1 Å². The Morgan fingerprint density at radius 3 is 1.38 bits per heavy atom. The first-order valence-electron chi connectivity index (χ1n) is 8.09. The van der Waals surface area contributed by atoms with Crippen LogP contribution in [0.3, 0.4) is 0 Å². The number of carboxylic acids is 2. The number of benzene rings is 2. The minimum atomic E-state index is -1.45. The third kappa shape index (κ3) is 3.37. The molecule has 1 aliphatic rings. The molecular formula is C19H18N2O5. The molecule has 0 bridgehead atoms. The van der Waals surface area contributed by atoms with Crippen LogP contribution in [0.15, 0.2) is 60.7 Å². The Morgan fingerprint density at radius 2 is 1.08 bits per heavy atom. The predicted octanol–water partition coefficient (Wildman–Crippen LogP) is 2.03. The van der Waals surface area contributed by atoms with Crippen molar-refractivity contribution in [3.8, 4) is 0 Å². The lowest BCUT2D eigenvalue weighted by Gasteiger charge is -2.21. The topological polar surface area (TPSA) is 98.1 Å². The highest BCUT2D eigenvalue weighted by atomic mass is 16.4. The number of hydrogen-bond donors (Lipinski definition) is 2. The Balaban J connectivity index is 1.94. The number of hydrogen-bond acceptors (Lipinski definition) is 3. The molecule has 0 unspecified atom stereocenters. The van der Waals surface area contributed by atoms with Gasteiger partial charge in [0.05, 0.1) is 0 Å². The minimum Gasteiger partial charge on any atom is -0.480 e. The van der Waals surface area contributed by atoms with Crippen molar-refractivity contribution in [1.82, 2.24) is 9.80 Å². The molecular weight excluding hydrogens is 336 g/mol. The molecule has 2 amide bonds. The van der Waals surface area contributed by atoms with Crippen molar-refractivity contribution in [2.24, 2.45) is 0 Å². The van der Waals surface area contributed by atoms with Crippen molar-refractivity contribution in [3.63, 3.8) is 0 Å². The van der Waals surface area contributed by atoms with Crippen LogP contribution in [-0.2, 0) is 22.7 Å². The summed E-state index contributed by atoms with van der Waals surface area (Å²) in [7, 11) is 0. The summed E-state index contributed by atoms with van der Waals surface area (Å²) in [5.41, 5.74) is 1.47. The molecule has 1 aliphatic heterocycles. The molecule has 0 radical (unpaired) electrons. The molecule has 1 heterocycles. The van der Waals surface area contributed by atoms with Gasteiger partial charge in [-0.2, -0.15) is 0 Å². The smallest absolute Gasteiger partial charge is 0.329 e. The zero-order valence-electron chi connectivity index (χ0n) is 13.9. The minimum absolute atomic E-state index is 0.0334. The number of rotatable bonds is 6. The highest BCUT2D eigenvalue weighted by molar-refractivity contribution is 5.96. The van der Waals surface area contributed by atoms with Gasteiger partial charge in [-0.1, -0.05) is 60.7 Å². The second-order valence-corrected chi connectivity index (χ2v) is 6.08. The van der Waals surface area contributed by atoms with Gasteiger partial charge in [-0.25, -0.2) is 14.4 Å². The Morgan fingerprint density at radius 1 is 0.731 bits per heavy atom. The molecule has 134 valence electrons. The fraction of sp³-hybridized carbons (Fsp3) is 0.211. The monoisotopic (exact) mass is 354 g/mol. The first-order valence-corrected chi connectivity index (χ1v) is 8.09. The van der Waals surface area contributed by atoms with Crippen LogP contribution >= 0.6 is 0 Å². The maximum Gasteiger partial charge on any atom is 0.329 e. The average Bonchev–Trinajstić information content (AvgIpc) is 2.90. The summed E-state index contributed by atoms with van der Waals surface area (Å²) >= 11 is 0. The van der Waals surface area contributed by atoms with Gasteiger partial charge >= 0.3 is 18.0 Å². The molecule has 0 aromatic heterocycles. The molecule has 0 saturated carbocycles. The molecule has 2 aromatic carbocycles. The number of amides is 2. The van der Waals surface area contributed by atoms with E-state index in [0.717, 1.165) is 20.9 Å². The lowest BCUT2D eigenvalue weighted by molar-refractivity contribution is -0.151. The number of aliphatic carboxylic acids is 2. The van der Waals surface area contributed by atoms with Gasteiger partial charge in [0.25, 0.3) is 0 Å². The fourth-order valence-corrected chi connectivity index (χ4v) is 3.17. The van der Waals surface area contributed by atoms with E-state index in [-0.39, 0.29) is 13.1 Å². The molecule has 2 N–H and O–H groups in total. The van der Waals surface area contributed by atoms with Gasteiger partial charge in [0, 0.05) is 13.1 Å². The van der Waals surface area contributed by atoms with Gasteiger partial charge < -0.3 is 20.0 Å². The number of carbonyl (C=O) groups is 3. The van der Waals surface area contributed by atoms with Gasteiger partial charge in [0.2, 0.25) is 0 Å². The van der Waals surface area contributed by atoms with E-state index in [1.165, 1.54) is 0 Å². The Bertz CT molecular complexity index is 742. The highest BCUT2D eigenvalue weighted by Gasteiger charge is 2.53. The first kappa shape index (κ1) is 17.5. The Kier molecular flexibility index (Phi) is 4.88. The second-order valence-electron chi connectivity index (χ2n) is 6.08. The second kappa shape index (κ2) is 7.26. The van der Waals surface area contributed by atoms with Crippen LogP contribution in [0.25, 0.3) is 0 Å². The largest absolute Gasteiger partial charge is 0.480 e. The predicted molar refractivity (Wildman–Crippen MR) is 92.2 cm³/mol. The van der Waals surface area contributed by atoms with Crippen molar-refractivity contribution in [2.45, 2.75) is 25.2 Å². The molecule has 7 nitrogen and oxygen atoms in total. The molecule has 7 heteroatoms. The molecule has 0 spiro atoms. The molecule has 2 aromatic rings. The van der Waals surface area contributed by atoms with Crippen LogP contribution in [0, 0.1) is 0 Å². The molecule has 2 atom stereocenters. The van der Waals surface area contributed by atoms with E-state index >= 15 is 0 Å². The maximum atomic E-state index is 12.9. The number of carboxylic acid groups (broad SMARTS) is 2. The van der Waals surface area contributed by atoms with E-state index in [4.69, 9.17) is 0 Å². The number of carbonyl (C=O) groups excluding carboxylic acids is 1. The van der Waals surface area contributed by atoms with Crippen LogP contribution in [-0.4, -0.2) is 50.1 Å². The summed E-state index contributed by atoms with van der Waals surface area (Å²) in [5, 5.41) is 19.2. The standard InChI is InChI=1S/C19H18N2O5/c22-17(23)15-16(18(24)25)21(12-14-9-5-2-6-10-14)19(26)20(15)11-13-7-3-1-4-8-13/h1-10,15-16H,11-12H2,(H,22,23)(H,24,25)/t15-,16-/m1/s1. The lowest BCUT2D eigenvalue weighted by Crippen LogP contribution is -2.47. The summed E-state index contributed by atoms with van der Waals surface area (Å²) in [6.45, 7) is 0.0669. The third-order valence-electron chi connectivity index (χ3n) is 4.36. The normalized spacial score (nSPS) is 19.6. The summed E-state index contributed by atoms with van der Waals surface area (Å²) in [4.78, 5) is 38.6. The number of nitrogens with zero attached hydrogens (tertiary/aromatic N) is 2. The Hall–Kier alpha value is -3.35. The average molecular weight is 354 g/mol. The van der Waals surface area contributed by atoms with Crippen molar-refractivity contribution in [2.75, 3.05) is 0 Å². The molecule has 26 heavy (non-hydrogen) atoms. The van der Waals surface area contributed by atoms with Crippen molar-refractivity contribution < 1.29 is 24.6 Å². The van der Waals surface area contributed by atoms with Gasteiger partial charge in [-0.15, -0.1) is 0 Å². The first-order chi connectivity index (χ1) is 12.5. The van der Waals surface area contributed by atoms with E-state index in [1.807, 2.05) is 12.1 Å². The van der Waals surface area contributed by atoms with Crippen molar-refractivity contribution in [3.05, 3.63) is 71.8 Å². The van der Waals surface area contributed by atoms with Crippen LogP contribution in [0.2, 0.25) is 0 Å². The van der Waals surface area contributed by atoms with E-state index in [0.29, 0.717) is 0 Å². The SMILES string of the molecule is O=C(O)[C@H]1[C@H](C(=O)O)N(Cc2ccccc2)C(=O)N1Cc1ccccc1. The van der Waals surface area contributed by atoms with Gasteiger partial charge in [-0.3, -0.25) is 0 Å². The van der Waals surface area contributed by atoms with Gasteiger partial charge in [0.1, 0.15) is 0 Å². The van der Waals surface area contributed by atoms with Crippen LogP contribution in [0.4, 0.5) is 4.79 Å². The lowest BCUT2D eigenvalue weighted by atomic mass is 10.1. The van der Waals surface area contributed by atoms with Gasteiger partial charge in [-0.05, 0) is 11.1 Å². The summed E-state index contributed by atoms with van der Waals surface area (Å²) in [6, 6.07) is 14.3. The van der Waals surface area contributed by atoms with E-state index in [2.05, 4.69) is 0 Å². The molecule has 1 saturated heterocycles. The Labute approximate surface area is 150 Å². The third-order valence-corrected chi connectivity index (χ3v) is 4.36. The van der Waals surface area contributed by atoms with E-state index in [1.54, 1.807) is 48.5 Å². The zero-order chi connectivity index (χ0) is 18.7. The molecule has 0 aliphatic carbocycles. The fourth-order valence-electron chi connectivity index (χ4n) is 3.17. The zero-order valence-corrected chi connectivity index (χ0v) is 13.9. The van der Waals surface area contributed by atoms with Crippen LogP contribution in [0.5, 0.6) is 0 Å². The summed E-state index contributed by atoms with van der Waals surface area (Å²) < 4.78 is 0. The van der Waals surface area contributed by atoms with Crippen molar-refractivity contribution >= 4 is 18.0 Å². The van der Waals surface area contributed by atoms with Gasteiger partial charge in [0.15, 0.2) is 12.1 Å².